The Bertz CT molecular complexity index is 331. The van der Waals surface area contributed by atoms with E-state index in [1.165, 1.54) is 0 Å². The van der Waals surface area contributed by atoms with Gasteiger partial charge in [0.2, 0.25) is 0 Å². The minimum Gasteiger partial charge on any atom is -0.271 e. The molecule has 1 aromatic rings. The predicted molar refractivity (Wildman–Crippen MR) is 72.7 cm³/mol. The largest absolute Gasteiger partial charge is 0.271 e. The summed E-state index contributed by atoms with van der Waals surface area (Å²) in [6.45, 7) is 9.53. The number of hydrazine groups is 1. The van der Waals surface area contributed by atoms with E-state index in [-0.39, 0.29) is 10.8 Å². The van der Waals surface area contributed by atoms with Gasteiger partial charge >= 0.3 is 0 Å². The second kappa shape index (κ2) is 6.37. The van der Waals surface area contributed by atoms with Crippen molar-refractivity contribution in [3.8, 4) is 0 Å². The van der Waals surface area contributed by atoms with Gasteiger partial charge in [-0.1, -0.05) is 20.8 Å². The van der Waals surface area contributed by atoms with E-state index in [2.05, 4.69) is 43.2 Å². The first kappa shape index (κ1) is 14.5. The number of hydrogen-bond acceptors (Lipinski definition) is 5. The van der Waals surface area contributed by atoms with Crippen molar-refractivity contribution < 1.29 is 0 Å². The van der Waals surface area contributed by atoms with E-state index in [9.17, 15) is 0 Å². The van der Waals surface area contributed by atoms with Crippen LogP contribution in [-0.4, -0.2) is 31.3 Å². The highest BCUT2D eigenvalue weighted by Crippen LogP contribution is 2.24. The second-order valence-corrected chi connectivity index (χ2v) is 6.83. The first-order valence-corrected chi connectivity index (χ1v) is 6.91. The van der Waals surface area contributed by atoms with Crippen molar-refractivity contribution in [2.75, 3.05) is 5.75 Å². The summed E-state index contributed by atoms with van der Waals surface area (Å²) in [5, 5.41) is 4.16. The number of nitrogens with zero attached hydrogens (tertiary/aromatic N) is 3. The lowest BCUT2D eigenvalue weighted by Gasteiger charge is -2.22. The number of thioether (sulfide) groups is 1. The quantitative estimate of drug-likeness (QED) is 0.592. The third-order valence-corrected chi connectivity index (χ3v) is 3.81. The summed E-state index contributed by atoms with van der Waals surface area (Å²) in [6, 6.07) is 0.230. The zero-order valence-electron chi connectivity index (χ0n) is 11.1. The molecule has 0 amide bonds. The summed E-state index contributed by atoms with van der Waals surface area (Å²) in [5.74, 6) is 7.55. The molecule has 0 aliphatic carbocycles. The minimum absolute atomic E-state index is 0.230. The molecular formula is C11H23N5S. The SMILES string of the molecule is CCn1ncnc1CC(CSC(C)(C)C)NN. The highest BCUT2D eigenvalue weighted by Gasteiger charge is 2.17. The summed E-state index contributed by atoms with van der Waals surface area (Å²) in [6.07, 6.45) is 2.41. The van der Waals surface area contributed by atoms with Gasteiger partial charge in [-0.2, -0.15) is 16.9 Å². The summed E-state index contributed by atoms with van der Waals surface area (Å²) in [7, 11) is 0. The molecule has 0 bridgehead atoms. The van der Waals surface area contributed by atoms with E-state index in [0.29, 0.717) is 0 Å². The Labute approximate surface area is 108 Å². The highest BCUT2D eigenvalue weighted by molar-refractivity contribution is 8.00. The summed E-state index contributed by atoms with van der Waals surface area (Å²) in [5.41, 5.74) is 2.86. The Morgan fingerprint density at radius 1 is 1.53 bits per heavy atom. The van der Waals surface area contributed by atoms with E-state index >= 15 is 0 Å². The zero-order chi connectivity index (χ0) is 12.9. The van der Waals surface area contributed by atoms with Crippen LogP contribution in [0.2, 0.25) is 0 Å². The Hall–Kier alpha value is -0.590. The molecule has 0 saturated heterocycles. The monoisotopic (exact) mass is 257 g/mol. The number of nitrogens with one attached hydrogen (secondary N) is 1. The summed E-state index contributed by atoms with van der Waals surface area (Å²) >= 11 is 1.90. The maximum absolute atomic E-state index is 5.59. The Balaban J connectivity index is 2.52. The molecule has 1 atom stereocenters. The standard InChI is InChI=1S/C11H23N5S/c1-5-16-10(13-8-14-16)6-9(15-12)7-17-11(2,3)4/h8-9,15H,5-7,12H2,1-4H3. The molecule has 5 nitrogen and oxygen atoms in total. The summed E-state index contributed by atoms with van der Waals surface area (Å²) in [4.78, 5) is 4.27. The third-order valence-electron chi connectivity index (χ3n) is 2.38. The number of rotatable bonds is 6. The van der Waals surface area contributed by atoms with Crippen LogP contribution >= 0.6 is 11.8 Å². The Kier molecular flexibility index (Phi) is 5.42. The molecule has 0 fully saturated rings. The van der Waals surface area contributed by atoms with Crippen LogP contribution in [0.15, 0.2) is 6.33 Å². The van der Waals surface area contributed by atoms with Crippen molar-refractivity contribution in [2.24, 2.45) is 5.84 Å². The van der Waals surface area contributed by atoms with Crippen molar-refractivity contribution in [3.63, 3.8) is 0 Å². The molecule has 1 unspecified atom stereocenters. The molecule has 3 N–H and O–H groups in total. The molecule has 17 heavy (non-hydrogen) atoms. The maximum atomic E-state index is 5.59. The fourth-order valence-electron chi connectivity index (χ4n) is 1.45. The molecule has 1 heterocycles. The van der Waals surface area contributed by atoms with Crippen LogP contribution < -0.4 is 11.3 Å². The van der Waals surface area contributed by atoms with Gasteiger partial charge in [-0.15, -0.1) is 0 Å². The highest BCUT2D eigenvalue weighted by atomic mass is 32.2. The average molecular weight is 257 g/mol. The molecule has 1 rings (SSSR count). The van der Waals surface area contributed by atoms with E-state index in [0.717, 1.165) is 24.5 Å². The van der Waals surface area contributed by atoms with Gasteiger partial charge in [0, 0.05) is 29.5 Å². The lowest BCUT2D eigenvalue weighted by molar-refractivity contribution is 0.526. The normalized spacial score (nSPS) is 13.9. The van der Waals surface area contributed by atoms with Gasteiger partial charge in [0.15, 0.2) is 0 Å². The molecule has 0 aliphatic heterocycles. The fraction of sp³-hybridized carbons (Fsp3) is 0.818. The molecule has 1 aromatic heterocycles. The van der Waals surface area contributed by atoms with Crippen molar-refractivity contribution in [1.29, 1.82) is 0 Å². The van der Waals surface area contributed by atoms with Crippen LogP contribution in [0.5, 0.6) is 0 Å². The van der Waals surface area contributed by atoms with Crippen LogP contribution in [0.3, 0.4) is 0 Å². The molecule has 0 spiro atoms. The molecule has 6 heteroatoms. The van der Waals surface area contributed by atoms with Gasteiger partial charge in [-0.25, -0.2) is 4.98 Å². The first-order valence-electron chi connectivity index (χ1n) is 5.93. The number of nitrogens with two attached hydrogens (primary N) is 1. The van der Waals surface area contributed by atoms with Gasteiger partial charge in [0.05, 0.1) is 0 Å². The van der Waals surface area contributed by atoms with Crippen LogP contribution in [0.25, 0.3) is 0 Å². The second-order valence-electron chi connectivity index (χ2n) is 4.98. The lowest BCUT2D eigenvalue weighted by Crippen LogP contribution is -2.40. The number of hydrogen-bond donors (Lipinski definition) is 2. The Morgan fingerprint density at radius 2 is 2.24 bits per heavy atom. The smallest absolute Gasteiger partial charge is 0.138 e. The molecule has 98 valence electrons. The summed E-state index contributed by atoms with van der Waals surface area (Å²) < 4.78 is 2.17. The van der Waals surface area contributed by atoms with Crippen LogP contribution in [0, 0.1) is 0 Å². The Morgan fingerprint density at radius 3 is 2.76 bits per heavy atom. The third kappa shape index (κ3) is 5.06. The van der Waals surface area contributed by atoms with Crippen LogP contribution in [0.1, 0.15) is 33.5 Å². The van der Waals surface area contributed by atoms with Crippen LogP contribution in [0.4, 0.5) is 0 Å². The molecule has 0 saturated carbocycles. The van der Waals surface area contributed by atoms with Crippen molar-refractivity contribution in [1.82, 2.24) is 20.2 Å². The van der Waals surface area contributed by atoms with Crippen molar-refractivity contribution in [2.45, 2.75) is 51.4 Å². The fourth-order valence-corrected chi connectivity index (χ4v) is 2.36. The molecular weight excluding hydrogens is 234 g/mol. The van der Waals surface area contributed by atoms with Crippen molar-refractivity contribution in [3.05, 3.63) is 12.2 Å². The molecule has 0 aliphatic rings. The number of aromatic nitrogens is 3. The van der Waals surface area contributed by atoms with E-state index in [4.69, 9.17) is 5.84 Å². The van der Waals surface area contributed by atoms with Gasteiger partial charge in [-0.05, 0) is 6.92 Å². The lowest BCUT2D eigenvalue weighted by atomic mass is 10.2. The predicted octanol–water partition coefficient (Wildman–Crippen LogP) is 1.20. The average Bonchev–Trinajstić information content (AvgIpc) is 2.70. The molecule has 0 aromatic carbocycles. The first-order chi connectivity index (χ1) is 7.96. The van der Waals surface area contributed by atoms with Crippen molar-refractivity contribution >= 4 is 11.8 Å². The molecule has 0 radical (unpaired) electrons. The zero-order valence-corrected chi connectivity index (χ0v) is 11.9. The maximum Gasteiger partial charge on any atom is 0.138 e. The number of aryl methyl sites for hydroxylation is 1. The van der Waals surface area contributed by atoms with Gasteiger partial charge < -0.3 is 0 Å². The van der Waals surface area contributed by atoms with Gasteiger partial charge in [-0.3, -0.25) is 16.0 Å². The topological polar surface area (TPSA) is 68.8 Å². The van der Waals surface area contributed by atoms with Crippen LogP contribution in [-0.2, 0) is 13.0 Å². The van der Waals surface area contributed by atoms with E-state index in [1.807, 2.05) is 16.4 Å². The van der Waals surface area contributed by atoms with E-state index in [1.54, 1.807) is 6.33 Å². The minimum atomic E-state index is 0.230. The van der Waals surface area contributed by atoms with Gasteiger partial charge in [0.1, 0.15) is 12.2 Å². The van der Waals surface area contributed by atoms with Gasteiger partial charge in [0.25, 0.3) is 0 Å². The van der Waals surface area contributed by atoms with E-state index < -0.39 is 0 Å².